The molecule has 0 saturated heterocycles. The number of rotatable bonds is 4. The molecule has 0 aliphatic heterocycles. The Kier molecular flexibility index (Phi) is 6.40. The molecule has 0 N–H and O–H groups in total. The van der Waals surface area contributed by atoms with Gasteiger partial charge in [-0.25, -0.2) is 0 Å². The summed E-state index contributed by atoms with van der Waals surface area (Å²) in [7, 11) is -0.597. The average Bonchev–Trinajstić information content (AvgIpc) is 1.86. The molecule has 0 fully saturated rings. The van der Waals surface area contributed by atoms with Crippen LogP contribution >= 0.6 is 0 Å². The summed E-state index contributed by atoms with van der Waals surface area (Å²) < 4.78 is 2.25. The van der Waals surface area contributed by atoms with Crippen LogP contribution in [0, 0.1) is 0 Å². The van der Waals surface area contributed by atoms with Gasteiger partial charge in [-0.1, -0.05) is 0 Å². The van der Waals surface area contributed by atoms with Crippen LogP contribution in [-0.4, -0.2) is 28.7 Å². The maximum atomic E-state index is 2.68. The van der Waals surface area contributed by atoms with Crippen molar-refractivity contribution >= 4 is 28.7 Å². The Morgan fingerprint density at radius 3 is 1.00 bits per heavy atom. The van der Waals surface area contributed by atoms with Gasteiger partial charge >= 0.3 is 95.0 Å². The van der Waals surface area contributed by atoms with Crippen molar-refractivity contribution in [1.29, 1.82) is 0 Å². The van der Waals surface area contributed by atoms with Crippen LogP contribution in [-0.2, 0) is 22.4 Å². The van der Waals surface area contributed by atoms with E-state index in [0.717, 1.165) is 0 Å². The topological polar surface area (TPSA) is 0 Å². The molecule has 0 spiro atoms. The van der Waals surface area contributed by atoms with Crippen LogP contribution in [0.2, 0.25) is 43.9 Å². The molecular formula is C7H24Si4Zr. The molecule has 0 saturated carbocycles. The van der Waals surface area contributed by atoms with Crippen LogP contribution < -0.4 is 0 Å². The van der Waals surface area contributed by atoms with E-state index in [9.17, 15) is 0 Å². The Bertz CT molecular complexity index is 114. The first kappa shape index (κ1) is 13.8. The minimum atomic E-state index is -0.415. The standard InChI is InChI=1S/C6H21Si4.CH3.Zr/c1-7(2)10(8(3)4)9(5)6;;/h7-9H,1-6H3;1H3;. The molecule has 0 aliphatic rings. The Morgan fingerprint density at radius 2 is 1.00 bits per heavy atom. The van der Waals surface area contributed by atoms with Crippen LogP contribution in [0.15, 0.2) is 0 Å². The first-order chi connectivity index (χ1) is 5.39. The molecule has 0 aromatic carbocycles. The molecule has 0 nitrogen and oxygen atoms in total. The molecule has 72 valence electrons. The molecule has 5 heteroatoms. The van der Waals surface area contributed by atoms with Gasteiger partial charge in [0.2, 0.25) is 0 Å². The summed E-state index contributed by atoms with van der Waals surface area (Å²) in [5, 5.41) is 0. The fourth-order valence-electron chi connectivity index (χ4n) is 2.87. The van der Waals surface area contributed by atoms with E-state index in [-0.39, 0.29) is 47.3 Å². The molecule has 0 aromatic heterocycles. The second-order valence-electron chi connectivity index (χ2n) is 4.65. The van der Waals surface area contributed by atoms with E-state index in [1.165, 1.54) is 0 Å². The minimum absolute atomic E-state index is 0.128. The van der Waals surface area contributed by atoms with Crippen LogP contribution in [0.4, 0.5) is 0 Å². The molecule has 0 heterocycles. The van der Waals surface area contributed by atoms with Crippen molar-refractivity contribution in [3.8, 4) is 0 Å². The Labute approximate surface area is 94.3 Å². The van der Waals surface area contributed by atoms with Crippen molar-refractivity contribution in [2.75, 3.05) is 0 Å². The van der Waals surface area contributed by atoms with Gasteiger partial charge in [0.1, 0.15) is 0 Å². The van der Waals surface area contributed by atoms with Crippen molar-refractivity contribution < 1.29 is 22.4 Å². The molecular weight excluding hydrogens is 288 g/mol. The van der Waals surface area contributed by atoms with E-state index in [0.29, 0.717) is 0 Å². The Balaban J connectivity index is 4.77. The summed E-state index contributed by atoms with van der Waals surface area (Å²) in [6.07, 6.45) is 0. The third-order valence-electron chi connectivity index (χ3n) is 3.30. The van der Waals surface area contributed by atoms with Crippen LogP contribution in [0.25, 0.3) is 0 Å². The van der Waals surface area contributed by atoms with Gasteiger partial charge in [0, 0.05) is 0 Å². The number of hydrogen-bond acceptors (Lipinski definition) is 0. The molecule has 0 rings (SSSR count). The summed E-state index contributed by atoms with van der Waals surface area (Å²) in [4.78, 5) is 0. The molecule has 0 unspecified atom stereocenters. The Morgan fingerprint density at radius 1 is 0.750 bits per heavy atom. The molecule has 0 radical (unpaired) electrons. The third kappa shape index (κ3) is 2.62. The first-order valence-corrected chi connectivity index (χ1v) is 25.6. The zero-order valence-corrected chi connectivity index (χ0v) is 16.7. The normalized spacial score (nSPS) is 13.2. The fourth-order valence-corrected chi connectivity index (χ4v) is 100. The van der Waals surface area contributed by atoms with Crippen molar-refractivity contribution in [3.05, 3.63) is 0 Å². The van der Waals surface area contributed by atoms with E-state index in [1.807, 2.05) is 0 Å². The zero-order chi connectivity index (χ0) is 9.94. The van der Waals surface area contributed by atoms with E-state index in [4.69, 9.17) is 0 Å². The molecule has 12 heavy (non-hydrogen) atoms. The van der Waals surface area contributed by atoms with Crippen molar-refractivity contribution in [2.24, 2.45) is 0 Å². The van der Waals surface area contributed by atoms with Gasteiger partial charge in [0.05, 0.1) is 0 Å². The van der Waals surface area contributed by atoms with Gasteiger partial charge in [0.15, 0.2) is 0 Å². The van der Waals surface area contributed by atoms with E-state index in [2.05, 4.69) is 43.9 Å². The number of hydrogen-bond donors (Lipinski definition) is 0. The zero-order valence-electron chi connectivity index (χ0n) is 9.73. The van der Waals surface area contributed by atoms with Crippen LogP contribution in [0.5, 0.6) is 0 Å². The van der Waals surface area contributed by atoms with Gasteiger partial charge < -0.3 is 0 Å². The third-order valence-corrected chi connectivity index (χ3v) is 123. The van der Waals surface area contributed by atoms with Gasteiger partial charge in [-0.15, -0.1) is 0 Å². The van der Waals surface area contributed by atoms with Gasteiger partial charge in [0.25, 0.3) is 0 Å². The predicted octanol–water partition coefficient (Wildman–Crippen LogP) is 1.76. The Hall–Kier alpha value is 1.75. The van der Waals surface area contributed by atoms with E-state index in [1.54, 1.807) is 0 Å². The van der Waals surface area contributed by atoms with Gasteiger partial charge in [-0.05, 0) is 0 Å². The SMILES string of the molecule is [CH3][Zr][Si]([SiH](C)C)([SiH](C)C)[SiH](C)C. The van der Waals surface area contributed by atoms with Gasteiger partial charge in [-0.2, -0.15) is 0 Å². The summed E-state index contributed by atoms with van der Waals surface area (Å²) in [6, 6.07) is 0. The molecule has 0 bridgehead atoms. The predicted molar refractivity (Wildman–Crippen MR) is 68.2 cm³/mol. The van der Waals surface area contributed by atoms with E-state index < -0.39 is 3.75 Å². The van der Waals surface area contributed by atoms with Crippen LogP contribution in [0.3, 0.4) is 0 Å². The van der Waals surface area contributed by atoms with Crippen molar-refractivity contribution in [1.82, 2.24) is 0 Å². The van der Waals surface area contributed by atoms with E-state index >= 15 is 0 Å². The summed E-state index contributed by atoms with van der Waals surface area (Å²) in [5.41, 5.74) is 0. The fraction of sp³-hybridized carbons (Fsp3) is 1.00. The molecule has 0 amide bonds. The second kappa shape index (κ2) is 5.59. The average molecular weight is 312 g/mol. The molecule has 0 aliphatic carbocycles. The molecule has 0 aromatic rings. The summed E-state index contributed by atoms with van der Waals surface area (Å²) in [6.45, 7) is 16.1. The van der Waals surface area contributed by atoms with Crippen molar-refractivity contribution in [3.63, 3.8) is 0 Å². The first-order valence-electron chi connectivity index (χ1n) is 5.08. The maximum absolute atomic E-state index is 2.68. The van der Waals surface area contributed by atoms with Crippen molar-refractivity contribution in [2.45, 2.75) is 43.9 Å². The molecule has 0 atom stereocenters. The van der Waals surface area contributed by atoms with Crippen LogP contribution in [0.1, 0.15) is 0 Å². The summed E-state index contributed by atoms with van der Waals surface area (Å²) in [5.74, 6) is 0. The summed E-state index contributed by atoms with van der Waals surface area (Å²) >= 11 is 0.128. The quantitative estimate of drug-likeness (QED) is 0.694. The van der Waals surface area contributed by atoms with Gasteiger partial charge in [-0.3, -0.25) is 0 Å². The monoisotopic (exact) mass is 310 g/mol. The second-order valence-corrected chi connectivity index (χ2v) is 61.8.